The molecular weight excluding hydrogens is 254 g/mol. The van der Waals surface area contributed by atoms with Crippen LogP contribution >= 0.6 is 0 Å². The molecular formula is C20H23N. The second-order valence-electron chi connectivity index (χ2n) is 5.24. The maximum Gasteiger partial charge on any atom is 0.0630 e. The van der Waals surface area contributed by atoms with Crippen LogP contribution in [0.2, 0.25) is 0 Å². The van der Waals surface area contributed by atoms with E-state index in [9.17, 15) is 0 Å². The molecule has 0 saturated carbocycles. The quantitative estimate of drug-likeness (QED) is 0.467. The molecule has 0 saturated heterocycles. The first-order valence-corrected chi connectivity index (χ1v) is 7.64. The number of hydrogen-bond acceptors (Lipinski definition) is 1. The van der Waals surface area contributed by atoms with Crippen molar-refractivity contribution < 1.29 is 0 Å². The molecule has 2 aromatic rings. The fraction of sp³-hybridized carbons (Fsp3) is 0.250. The van der Waals surface area contributed by atoms with Crippen molar-refractivity contribution >= 4 is 11.9 Å². The molecule has 0 N–H and O–H groups in total. The molecule has 2 aromatic carbocycles. The lowest BCUT2D eigenvalue weighted by Crippen LogP contribution is -1.86. The molecule has 1 nitrogen and oxygen atoms in total. The monoisotopic (exact) mass is 277 g/mol. The summed E-state index contributed by atoms with van der Waals surface area (Å²) >= 11 is 0. The molecule has 0 bridgehead atoms. The second kappa shape index (κ2) is 8.21. The molecule has 1 heteroatoms. The maximum absolute atomic E-state index is 4.53. The van der Waals surface area contributed by atoms with Crippen LogP contribution in [0.25, 0.3) is 0 Å². The molecule has 0 heterocycles. The third-order valence-corrected chi connectivity index (χ3v) is 3.45. The normalized spacial score (nSPS) is 10.9. The highest BCUT2D eigenvalue weighted by Crippen LogP contribution is 2.14. The van der Waals surface area contributed by atoms with E-state index >= 15 is 0 Å². The van der Waals surface area contributed by atoms with Crippen molar-refractivity contribution in [1.82, 2.24) is 0 Å². The van der Waals surface area contributed by atoms with Crippen molar-refractivity contribution in [3.63, 3.8) is 0 Å². The van der Waals surface area contributed by atoms with Crippen molar-refractivity contribution in [3.8, 4) is 0 Å². The minimum Gasteiger partial charge on any atom is -0.256 e. The van der Waals surface area contributed by atoms with Crippen LogP contribution in [0.4, 0.5) is 5.69 Å². The van der Waals surface area contributed by atoms with Gasteiger partial charge in [-0.1, -0.05) is 55.8 Å². The first-order chi connectivity index (χ1) is 10.3. The van der Waals surface area contributed by atoms with Gasteiger partial charge in [-0.3, -0.25) is 4.99 Å². The maximum atomic E-state index is 4.53. The minimum absolute atomic E-state index is 1.01. The van der Waals surface area contributed by atoms with Crippen LogP contribution in [0.1, 0.15) is 36.5 Å². The van der Waals surface area contributed by atoms with Gasteiger partial charge in [0.25, 0.3) is 0 Å². The van der Waals surface area contributed by atoms with Gasteiger partial charge in [-0.25, -0.2) is 0 Å². The van der Waals surface area contributed by atoms with Gasteiger partial charge >= 0.3 is 0 Å². The Labute approximate surface area is 128 Å². The first kappa shape index (κ1) is 15.2. The molecule has 0 unspecified atom stereocenters. The van der Waals surface area contributed by atoms with E-state index in [1.807, 2.05) is 12.3 Å². The summed E-state index contributed by atoms with van der Waals surface area (Å²) in [6.07, 6.45) is 8.28. The van der Waals surface area contributed by atoms with Gasteiger partial charge in [-0.05, 0) is 48.1 Å². The van der Waals surface area contributed by atoms with Crippen LogP contribution in [0.5, 0.6) is 0 Å². The Hall–Kier alpha value is -2.15. The van der Waals surface area contributed by atoms with Gasteiger partial charge in [-0.15, -0.1) is 6.58 Å². The van der Waals surface area contributed by atoms with E-state index in [1.54, 1.807) is 0 Å². The fourth-order valence-corrected chi connectivity index (χ4v) is 2.23. The zero-order valence-corrected chi connectivity index (χ0v) is 12.8. The Morgan fingerprint density at radius 3 is 2.14 bits per heavy atom. The number of nitrogens with zero attached hydrogens (tertiary/aromatic N) is 1. The summed E-state index contributed by atoms with van der Waals surface area (Å²) in [7, 11) is 0. The van der Waals surface area contributed by atoms with E-state index in [0.29, 0.717) is 0 Å². The molecule has 0 aliphatic heterocycles. The zero-order valence-electron chi connectivity index (χ0n) is 12.8. The van der Waals surface area contributed by atoms with Crippen LogP contribution in [-0.4, -0.2) is 6.21 Å². The molecule has 108 valence electrons. The van der Waals surface area contributed by atoms with E-state index in [0.717, 1.165) is 30.5 Å². The van der Waals surface area contributed by atoms with Crippen LogP contribution in [0.3, 0.4) is 0 Å². The van der Waals surface area contributed by atoms with E-state index in [2.05, 4.69) is 67.0 Å². The number of aryl methyl sites for hydroxylation is 2. The predicted molar refractivity (Wildman–Crippen MR) is 92.7 cm³/mol. The van der Waals surface area contributed by atoms with Crippen molar-refractivity contribution in [2.75, 3.05) is 0 Å². The number of benzene rings is 2. The summed E-state index contributed by atoms with van der Waals surface area (Å²) in [5.41, 5.74) is 4.86. The molecule has 0 radical (unpaired) electrons. The standard InChI is InChI=1S/C20H23N/c1-3-5-7-18-8-10-19(11-9-18)16-21-20-14-12-17(6-4-2)13-15-20/h3,8-16H,1,4-7H2,2H3. The smallest absolute Gasteiger partial charge is 0.0630 e. The third kappa shape index (κ3) is 5.03. The molecule has 0 amide bonds. The Kier molecular flexibility index (Phi) is 5.96. The molecule has 0 aromatic heterocycles. The molecule has 0 spiro atoms. The summed E-state index contributed by atoms with van der Waals surface area (Å²) in [5, 5.41) is 0. The lowest BCUT2D eigenvalue weighted by atomic mass is 10.1. The van der Waals surface area contributed by atoms with Crippen LogP contribution < -0.4 is 0 Å². The van der Waals surface area contributed by atoms with Crippen LogP contribution in [0, 0.1) is 0 Å². The first-order valence-electron chi connectivity index (χ1n) is 7.64. The average molecular weight is 277 g/mol. The minimum atomic E-state index is 1.01. The van der Waals surface area contributed by atoms with Crippen LogP contribution in [0.15, 0.2) is 66.2 Å². The van der Waals surface area contributed by atoms with E-state index < -0.39 is 0 Å². The largest absolute Gasteiger partial charge is 0.256 e. The van der Waals surface area contributed by atoms with Gasteiger partial charge in [0.1, 0.15) is 0 Å². The summed E-state index contributed by atoms with van der Waals surface area (Å²) in [5.74, 6) is 0. The molecule has 0 aliphatic carbocycles. The number of hydrogen-bond donors (Lipinski definition) is 0. The predicted octanol–water partition coefficient (Wildman–Crippen LogP) is 5.51. The van der Waals surface area contributed by atoms with Gasteiger partial charge < -0.3 is 0 Å². The highest BCUT2D eigenvalue weighted by atomic mass is 14.7. The molecule has 2 rings (SSSR count). The zero-order chi connectivity index (χ0) is 14.9. The molecule has 0 aliphatic rings. The Balaban J connectivity index is 1.98. The fourth-order valence-electron chi connectivity index (χ4n) is 2.23. The van der Waals surface area contributed by atoms with Crippen molar-refractivity contribution in [1.29, 1.82) is 0 Å². The highest BCUT2D eigenvalue weighted by Gasteiger charge is 1.94. The lowest BCUT2D eigenvalue weighted by Gasteiger charge is -2.00. The molecule has 21 heavy (non-hydrogen) atoms. The van der Waals surface area contributed by atoms with Crippen molar-refractivity contribution in [3.05, 3.63) is 77.9 Å². The van der Waals surface area contributed by atoms with Gasteiger partial charge in [0.2, 0.25) is 0 Å². The number of aliphatic imine (C=N–C) groups is 1. The number of rotatable bonds is 7. The Morgan fingerprint density at radius 1 is 0.905 bits per heavy atom. The topological polar surface area (TPSA) is 12.4 Å². The average Bonchev–Trinajstić information content (AvgIpc) is 2.53. The van der Waals surface area contributed by atoms with Gasteiger partial charge in [-0.2, -0.15) is 0 Å². The Morgan fingerprint density at radius 2 is 1.52 bits per heavy atom. The number of allylic oxidation sites excluding steroid dienone is 1. The lowest BCUT2D eigenvalue weighted by molar-refractivity contribution is 0.922. The Bertz CT molecular complexity index is 576. The summed E-state index contributed by atoms with van der Waals surface area (Å²) < 4.78 is 0. The summed E-state index contributed by atoms with van der Waals surface area (Å²) in [6, 6.07) is 17.0. The summed E-state index contributed by atoms with van der Waals surface area (Å²) in [4.78, 5) is 4.53. The highest BCUT2D eigenvalue weighted by molar-refractivity contribution is 5.81. The van der Waals surface area contributed by atoms with E-state index in [1.165, 1.54) is 17.5 Å². The van der Waals surface area contributed by atoms with E-state index in [4.69, 9.17) is 0 Å². The van der Waals surface area contributed by atoms with Crippen molar-refractivity contribution in [2.24, 2.45) is 4.99 Å². The SMILES string of the molecule is C=CCCc1ccc(C=Nc2ccc(CCC)cc2)cc1. The van der Waals surface area contributed by atoms with Gasteiger partial charge in [0.05, 0.1) is 5.69 Å². The van der Waals surface area contributed by atoms with Crippen LogP contribution in [-0.2, 0) is 12.8 Å². The molecule has 0 atom stereocenters. The third-order valence-electron chi connectivity index (χ3n) is 3.45. The second-order valence-corrected chi connectivity index (χ2v) is 5.24. The molecule has 0 fully saturated rings. The van der Waals surface area contributed by atoms with Gasteiger partial charge in [0.15, 0.2) is 0 Å². The van der Waals surface area contributed by atoms with Gasteiger partial charge in [0, 0.05) is 6.21 Å². The summed E-state index contributed by atoms with van der Waals surface area (Å²) in [6.45, 7) is 5.95. The van der Waals surface area contributed by atoms with E-state index in [-0.39, 0.29) is 0 Å². The van der Waals surface area contributed by atoms with Crippen molar-refractivity contribution in [2.45, 2.75) is 32.6 Å².